The number of carboxylic acids is 1. The largest absolute Gasteiger partial charge is 0.490 e. The van der Waals surface area contributed by atoms with E-state index in [-0.39, 0.29) is 48.0 Å². The molecule has 0 bridgehead atoms. The first-order chi connectivity index (χ1) is 33.6. The van der Waals surface area contributed by atoms with Crippen LogP contribution in [0.2, 0.25) is 0 Å². The number of aliphatic carboxylic acids is 1. The third-order valence-corrected chi connectivity index (χ3v) is 12.5. The summed E-state index contributed by atoms with van der Waals surface area (Å²) in [5.41, 5.74) is 4.00. The molecule has 1 atom stereocenters. The molecular weight excluding hydrogens is 979 g/mol. The summed E-state index contributed by atoms with van der Waals surface area (Å²) >= 11 is 0. The molecule has 1 aromatic heterocycles. The molecule has 72 heavy (non-hydrogen) atoms. The fraction of sp³-hybridized carbons (Fsp3) is 0.468. The van der Waals surface area contributed by atoms with E-state index in [1.165, 1.54) is 29.4 Å². The van der Waals surface area contributed by atoms with E-state index in [0.29, 0.717) is 42.9 Å². The van der Waals surface area contributed by atoms with Crippen LogP contribution in [-0.2, 0) is 26.7 Å². The van der Waals surface area contributed by atoms with Crippen LogP contribution in [0.25, 0.3) is 22.5 Å². The van der Waals surface area contributed by atoms with Crippen LogP contribution >= 0.6 is 0 Å². The van der Waals surface area contributed by atoms with E-state index in [1.807, 2.05) is 43.3 Å². The van der Waals surface area contributed by atoms with Crippen LogP contribution in [0.5, 0.6) is 0 Å². The molecule has 25 heteroatoms. The predicted octanol–water partition coefficient (Wildman–Crippen LogP) is 8.71. The summed E-state index contributed by atoms with van der Waals surface area (Å²) in [4.78, 5) is 65.9. The molecule has 0 unspecified atom stereocenters. The number of carbonyl (C=O) groups is 5. The number of carboxylic acid groups (broad SMARTS) is 2. The Bertz CT molecular complexity index is 2520. The minimum Gasteiger partial charge on any atom is -0.475 e. The first-order valence-electron chi connectivity index (χ1n) is 22.5. The number of nitrogens with one attached hydrogen (secondary N) is 5. The zero-order valence-corrected chi connectivity index (χ0v) is 38.9. The molecule has 3 aromatic carbocycles. The van der Waals surface area contributed by atoms with Crippen LogP contribution < -0.4 is 21.3 Å². The van der Waals surface area contributed by atoms with E-state index in [2.05, 4.69) is 50.3 Å². The van der Waals surface area contributed by atoms with E-state index in [4.69, 9.17) is 15.0 Å². The highest BCUT2D eigenvalue weighted by molar-refractivity contribution is 5.98. The van der Waals surface area contributed by atoms with Crippen molar-refractivity contribution in [3.63, 3.8) is 0 Å². The number of rotatable bonds is 15. The molecule has 4 aromatic rings. The van der Waals surface area contributed by atoms with Gasteiger partial charge in [-0.25, -0.2) is 14.6 Å². The van der Waals surface area contributed by atoms with Gasteiger partial charge in [-0.05, 0) is 137 Å². The van der Waals surface area contributed by atoms with Crippen molar-refractivity contribution in [3.8, 4) is 22.5 Å². The summed E-state index contributed by atoms with van der Waals surface area (Å²) in [5.74, 6) is -19.0. The van der Waals surface area contributed by atoms with Gasteiger partial charge in [-0.3, -0.25) is 19.5 Å². The summed E-state index contributed by atoms with van der Waals surface area (Å²) in [7, 11) is 4.14. The maximum atomic E-state index is 14.2. The Morgan fingerprint density at radius 3 is 1.89 bits per heavy atom. The van der Waals surface area contributed by atoms with Gasteiger partial charge in [0.2, 0.25) is 17.6 Å². The average molecular weight is 1030 g/mol. The summed E-state index contributed by atoms with van der Waals surface area (Å²) < 4.78 is 125. The molecule has 0 spiro atoms. The van der Waals surface area contributed by atoms with Crippen LogP contribution in [0.1, 0.15) is 78.7 Å². The number of halogens is 10. The molecule has 2 aliphatic rings. The topological polar surface area (TPSA) is 219 Å². The summed E-state index contributed by atoms with van der Waals surface area (Å²) in [6.45, 7) is 2.18. The van der Waals surface area contributed by atoms with Gasteiger partial charge in [0.1, 0.15) is 6.04 Å². The van der Waals surface area contributed by atoms with E-state index in [1.54, 1.807) is 6.07 Å². The second-order valence-electron chi connectivity index (χ2n) is 17.9. The standard InChI is InChI=1S/C45H51F7N8O5.C2HF3O2/c1-25-22-31(39(62)54-33-17-19-34(20-18-33)60(2)3)14-21-35(25)28-8-4-26(5-9-28)23-36(56-38(61)30-10-6-27(7-11-30)24-53-42(64)65)40(63)55-32-15-12-29(13-16-32)37-57-41(59-58-37)43(46,47)44(48,49)45(50,51)52;3-2(4,5)1(6)7/h4-5,8-9,12-16,21-22,27,30,33-34,36,53H,6-7,10-11,17-20,23-24H2,1-3H3,(H,54,62)(H,55,63)(H,56,61)(H,64,65)(H,57,58,59);(H,6,7)/t27?,30?,33?,34?,36-;/m0./s1. The SMILES string of the molecule is Cc1cc(C(=O)NC2CCC(N(C)C)CC2)ccc1-c1ccc(C[C@H](NC(=O)C2CCC(CNC(=O)O)CC2)C(=O)Nc2ccc(-c3n[nH]c(C(F)(F)C(F)(F)C(F)(F)F)n3)cc2)cc1.O=C(O)C(F)(F)F. The van der Waals surface area contributed by atoms with Gasteiger partial charge < -0.3 is 36.4 Å². The Morgan fingerprint density at radius 2 is 1.36 bits per heavy atom. The second kappa shape index (κ2) is 23.2. The molecule has 2 fully saturated rings. The summed E-state index contributed by atoms with van der Waals surface area (Å²) in [6.07, 6.45) is -6.70. The van der Waals surface area contributed by atoms with Gasteiger partial charge in [0.15, 0.2) is 5.82 Å². The van der Waals surface area contributed by atoms with Gasteiger partial charge in [-0.15, -0.1) is 0 Å². The first kappa shape index (κ1) is 56.1. The van der Waals surface area contributed by atoms with Crippen LogP contribution in [0.15, 0.2) is 66.7 Å². The number of aromatic nitrogens is 3. The molecule has 15 nitrogen and oxygen atoms in total. The Balaban J connectivity index is 0.00000128. The van der Waals surface area contributed by atoms with Gasteiger partial charge in [0.25, 0.3) is 5.91 Å². The van der Waals surface area contributed by atoms with Crippen molar-refractivity contribution in [2.45, 2.75) is 107 Å². The lowest BCUT2D eigenvalue weighted by Crippen LogP contribution is -2.50. The van der Waals surface area contributed by atoms with Crippen molar-refractivity contribution < 1.29 is 78.1 Å². The number of benzene rings is 3. The number of aromatic amines is 1. The molecule has 392 valence electrons. The van der Waals surface area contributed by atoms with E-state index in [0.717, 1.165) is 42.4 Å². The van der Waals surface area contributed by atoms with Crippen LogP contribution in [0.4, 0.5) is 54.4 Å². The molecule has 0 radical (unpaired) electrons. The molecule has 0 aliphatic heterocycles. The summed E-state index contributed by atoms with van der Waals surface area (Å²) in [5, 5.41) is 32.0. The first-order valence-corrected chi connectivity index (χ1v) is 22.5. The van der Waals surface area contributed by atoms with Crippen LogP contribution in [0, 0.1) is 18.8 Å². The van der Waals surface area contributed by atoms with Gasteiger partial charge >= 0.3 is 36.3 Å². The number of aryl methyl sites for hydroxylation is 1. The highest BCUT2D eigenvalue weighted by atomic mass is 19.4. The van der Waals surface area contributed by atoms with Crippen LogP contribution in [0.3, 0.4) is 0 Å². The number of H-pyrrole nitrogens is 1. The van der Waals surface area contributed by atoms with Gasteiger partial charge in [0, 0.05) is 47.8 Å². The fourth-order valence-electron chi connectivity index (χ4n) is 8.34. The van der Waals surface area contributed by atoms with Crippen molar-refractivity contribution >= 4 is 35.5 Å². The Labute approximate surface area is 405 Å². The third-order valence-electron chi connectivity index (χ3n) is 12.5. The molecule has 2 saturated carbocycles. The molecule has 6 rings (SSSR count). The van der Waals surface area contributed by atoms with Crippen molar-refractivity contribution in [1.29, 1.82) is 0 Å². The molecule has 7 N–H and O–H groups in total. The number of carbonyl (C=O) groups excluding carboxylic acids is 3. The lowest BCUT2D eigenvalue weighted by molar-refractivity contribution is -0.361. The fourth-order valence-corrected chi connectivity index (χ4v) is 8.34. The lowest BCUT2D eigenvalue weighted by atomic mass is 9.81. The van der Waals surface area contributed by atoms with E-state index >= 15 is 0 Å². The number of amides is 4. The molecule has 2 aliphatic carbocycles. The minimum absolute atomic E-state index is 0.0539. The monoisotopic (exact) mass is 1030 g/mol. The van der Waals surface area contributed by atoms with Gasteiger partial charge in [-0.2, -0.15) is 49.0 Å². The van der Waals surface area contributed by atoms with Crippen molar-refractivity contribution in [1.82, 2.24) is 36.0 Å². The number of hydrogen-bond acceptors (Lipinski definition) is 8. The van der Waals surface area contributed by atoms with Crippen molar-refractivity contribution in [2.75, 3.05) is 26.0 Å². The van der Waals surface area contributed by atoms with Crippen LogP contribution in [-0.4, -0.2) is 117 Å². The Hall–Kier alpha value is -6.79. The van der Waals surface area contributed by atoms with Gasteiger partial charge in [-0.1, -0.05) is 30.3 Å². The average Bonchev–Trinajstić information content (AvgIpc) is 3.82. The Morgan fingerprint density at radius 1 is 0.778 bits per heavy atom. The van der Waals surface area contributed by atoms with E-state index < -0.39 is 65.8 Å². The maximum absolute atomic E-state index is 14.2. The smallest absolute Gasteiger partial charge is 0.475 e. The quantitative estimate of drug-likeness (QED) is 0.0562. The minimum atomic E-state index is -6.57. The summed E-state index contributed by atoms with van der Waals surface area (Å²) in [6, 6.07) is 17.5. The third kappa shape index (κ3) is 14.4. The number of anilines is 1. The van der Waals surface area contributed by atoms with E-state index in [9.17, 15) is 63.1 Å². The number of nitrogens with zero attached hydrogens (tertiary/aromatic N) is 3. The maximum Gasteiger partial charge on any atom is 0.490 e. The van der Waals surface area contributed by atoms with Gasteiger partial charge in [0.05, 0.1) is 0 Å². The Kier molecular flexibility index (Phi) is 18.1. The molecular formula is C47H52F10N8O7. The zero-order valence-electron chi connectivity index (χ0n) is 38.9. The predicted molar refractivity (Wildman–Crippen MR) is 240 cm³/mol. The second-order valence-corrected chi connectivity index (χ2v) is 17.9. The molecule has 0 saturated heterocycles. The zero-order chi connectivity index (χ0) is 53.3. The lowest BCUT2D eigenvalue weighted by Gasteiger charge is -2.33. The highest BCUT2D eigenvalue weighted by Gasteiger charge is 2.75. The number of hydrogen-bond donors (Lipinski definition) is 7. The van der Waals surface area contributed by atoms with Crippen molar-refractivity contribution in [3.05, 3.63) is 89.2 Å². The van der Waals surface area contributed by atoms with Crippen molar-refractivity contribution in [2.24, 2.45) is 11.8 Å². The highest BCUT2D eigenvalue weighted by Crippen LogP contribution is 2.51. The number of alkyl halides is 10. The molecule has 1 heterocycles. The molecule has 4 amide bonds. The normalized spacial score (nSPS) is 19.0.